The lowest BCUT2D eigenvalue weighted by atomic mass is 10.0. The maximum Gasteiger partial charge on any atom is 0.271 e. The number of aromatic nitrogens is 2. The van der Waals surface area contributed by atoms with Crippen molar-refractivity contribution in [3.8, 4) is 0 Å². The molecular formula is C49H62Cl2N10O9. The van der Waals surface area contributed by atoms with Gasteiger partial charge >= 0.3 is 0 Å². The van der Waals surface area contributed by atoms with E-state index in [1.54, 1.807) is 30.3 Å². The van der Waals surface area contributed by atoms with Gasteiger partial charge in [-0.25, -0.2) is 0 Å². The summed E-state index contributed by atoms with van der Waals surface area (Å²) >= 11 is 12.3. The van der Waals surface area contributed by atoms with Gasteiger partial charge in [0.2, 0.25) is 29.5 Å². The van der Waals surface area contributed by atoms with Crippen LogP contribution in [-0.4, -0.2) is 118 Å². The van der Waals surface area contributed by atoms with Gasteiger partial charge in [0, 0.05) is 57.2 Å². The minimum absolute atomic E-state index is 0.0280. The minimum atomic E-state index is -1.07. The molecule has 3 aliphatic heterocycles. The lowest BCUT2D eigenvalue weighted by Gasteiger charge is -2.32. The van der Waals surface area contributed by atoms with Crippen LogP contribution in [0, 0.1) is 0 Å². The Bertz CT molecular complexity index is 2380. The van der Waals surface area contributed by atoms with Crippen LogP contribution in [0.3, 0.4) is 0 Å². The highest BCUT2D eigenvalue weighted by molar-refractivity contribution is 6.40. The molecule has 70 heavy (non-hydrogen) atoms. The van der Waals surface area contributed by atoms with Gasteiger partial charge in [0.1, 0.15) is 11.7 Å². The number of fused-ring (bicyclic) bond motifs is 1. The molecule has 1 unspecified atom stereocenters. The second kappa shape index (κ2) is 26.6. The number of amides is 9. The summed E-state index contributed by atoms with van der Waals surface area (Å²) in [6, 6.07) is 8.23. The standard InChI is InChI=1S/C49H62Cl2N10O9/c50-33-16-14-17-34(51)43(33)46(67)57-36-29-55-59-44(36)47(68)56-31-23-27-60(28-24-31)41(65)20-10-6-2-4-7-11-25-52-38(62)19-9-5-1-3-8-12-26-53-40(64)30-54-35-18-13-15-32-42(35)49(70)61(48(32)69)37-21-22-39(63)58-45(37)66/h13-18,29,31,37,54H,1-12,19-28,30H2,(H,52,62)(H,53,64)(H,55,59)(H,56,68)(H,57,67)(H,58,63,66). The molecule has 3 aliphatic rings. The number of halogens is 2. The van der Waals surface area contributed by atoms with Crippen LogP contribution < -0.4 is 31.9 Å². The topological polar surface area (TPSA) is 261 Å². The third-order valence-corrected chi connectivity index (χ3v) is 13.3. The Morgan fingerprint density at radius 1 is 0.686 bits per heavy atom. The Labute approximate surface area is 416 Å². The van der Waals surface area contributed by atoms with Crippen LogP contribution in [0.1, 0.15) is 157 Å². The van der Waals surface area contributed by atoms with E-state index in [2.05, 4.69) is 42.1 Å². The van der Waals surface area contributed by atoms with Gasteiger partial charge in [0.15, 0.2) is 0 Å². The molecular weight excluding hydrogens is 944 g/mol. The highest BCUT2D eigenvalue weighted by Gasteiger charge is 2.45. The molecule has 4 heterocycles. The van der Waals surface area contributed by atoms with Crippen molar-refractivity contribution in [2.45, 2.75) is 128 Å². The smallest absolute Gasteiger partial charge is 0.271 e. The fourth-order valence-electron chi connectivity index (χ4n) is 8.81. The zero-order valence-electron chi connectivity index (χ0n) is 39.2. The maximum absolute atomic E-state index is 13.2. The van der Waals surface area contributed by atoms with E-state index >= 15 is 0 Å². The number of nitrogens with zero attached hydrogens (tertiary/aromatic N) is 3. The normalized spacial score (nSPS) is 15.9. The Morgan fingerprint density at radius 3 is 1.97 bits per heavy atom. The molecule has 0 bridgehead atoms. The molecule has 2 saturated heterocycles. The van der Waals surface area contributed by atoms with Gasteiger partial charge in [-0.1, -0.05) is 86.7 Å². The monoisotopic (exact) mass is 1000 g/mol. The second-order valence-electron chi connectivity index (χ2n) is 17.8. The number of anilines is 2. The number of unbranched alkanes of at least 4 members (excludes halogenated alkanes) is 10. The molecule has 0 spiro atoms. The summed E-state index contributed by atoms with van der Waals surface area (Å²) in [5.41, 5.74) is 0.955. The van der Waals surface area contributed by atoms with Crippen LogP contribution >= 0.6 is 23.2 Å². The molecule has 9 amide bonds. The molecule has 1 aromatic heterocycles. The fraction of sp³-hybridized carbons (Fsp3) is 0.510. The van der Waals surface area contributed by atoms with Crippen LogP contribution in [0.2, 0.25) is 10.0 Å². The van der Waals surface area contributed by atoms with E-state index in [-0.39, 0.29) is 81.3 Å². The molecule has 0 saturated carbocycles. The molecule has 3 aromatic rings. The Morgan fingerprint density at radius 2 is 1.30 bits per heavy atom. The first-order chi connectivity index (χ1) is 33.8. The number of rotatable bonds is 26. The minimum Gasteiger partial charge on any atom is -0.375 e. The molecule has 0 radical (unpaired) electrons. The average Bonchev–Trinajstić information content (AvgIpc) is 3.90. The van der Waals surface area contributed by atoms with Crippen molar-refractivity contribution in [3.63, 3.8) is 0 Å². The van der Waals surface area contributed by atoms with Crippen LogP contribution in [0.15, 0.2) is 42.6 Å². The number of carbonyl (C=O) groups excluding carboxylic acids is 9. The molecule has 376 valence electrons. The van der Waals surface area contributed by atoms with E-state index in [1.807, 2.05) is 4.90 Å². The number of H-pyrrole nitrogens is 1. The van der Waals surface area contributed by atoms with Crippen molar-refractivity contribution < 1.29 is 43.2 Å². The van der Waals surface area contributed by atoms with Crippen molar-refractivity contribution in [3.05, 3.63) is 75.0 Å². The highest BCUT2D eigenvalue weighted by Crippen LogP contribution is 2.32. The summed E-state index contributed by atoms with van der Waals surface area (Å²) in [6.45, 7) is 2.14. The molecule has 1 atom stereocenters. The van der Waals surface area contributed by atoms with Gasteiger partial charge in [-0.05, 0) is 69.2 Å². The van der Waals surface area contributed by atoms with E-state index in [9.17, 15) is 43.2 Å². The Balaban J connectivity index is 0.711. The molecule has 0 aliphatic carbocycles. The molecule has 7 N–H and O–H groups in total. The van der Waals surface area contributed by atoms with Crippen molar-refractivity contribution in [1.29, 1.82) is 0 Å². The summed E-state index contributed by atoms with van der Waals surface area (Å²) in [6.07, 6.45) is 14.9. The van der Waals surface area contributed by atoms with E-state index < -0.39 is 41.5 Å². The number of imide groups is 2. The van der Waals surface area contributed by atoms with Gasteiger partial charge in [0.25, 0.3) is 23.6 Å². The number of hydrogen-bond donors (Lipinski definition) is 7. The first-order valence-electron chi connectivity index (χ1n) is 24.3. The van der Waals surface area contributed by atoms with Crippen molar-refractivity contribution >= 4 is 87.7 Å². The van der Waals surface area contributed by atoms with Crippen LogP contribution in [0.4, 0.5) is 11.4 Å². The predicted molar refractivity (Wildman–Crippen MR) is 262 cm³/mol. The third kappa shape index (κ3) is 14.8. The SMILES string of the molecule is O=C(CCCCCCCCNC(=O)CNc1cccc2c1C(=O)N(C1CCC(=O)NC1=O)C2=O)NCCCCCCCCC(=O)N1CCC(NC(=O)c2[nH]ncc2NC(=O)c2c(Cl)cccc2Cl)CC1. The average molecular weight is 1010 g/mol. The van der Waals surface area contributed by atoms with Crippen molar-refractivity contribution in [1.82, 2.24) is 41.3 Å². The van der Waals surface area contributed by atoms with Gasteiger partial charge in [-0.3, -0.25) is 58.5 Å². The third-order valence-electron chi connectivity index (χ3n) is 12.7. The van der Waals surface area contributed by atoms with Crippen LogP contribution in [-0.2, 0) is 24.0 Å². The quantitative estimate of drug-likeness (QED) is 0.0368. The molecule has 2 aromatic carbocycles. The van der Waals surface area contributed by atoms with Gasteiger partial charge < -0.3 is 31.5 Å². The molecule has 2 fully saturated rings. The predicted octanol–water partition coefficient (Wildman–Crippen LogP) is 5.90. The Kier molecular flexibility index (Phi) is 20.1. The molecule has 21 heteroatoms. The second-order valence-corrected chi connectivity index (χ2v) is 18.6. The maximum atomic E-state index is 13.2. The van der Waals surface area contributed by atoms with Gasteiger partial charge in [-0.2, -0.15) is 5.10 Å². The molecule has 19 nitrogen and oxygen atoms in total. The number of carbonyl (C=O) groups is 9. The number of likely N-dealkylation sites (tertiary alicyclic amines) is 1. The van der Waals surface area contributed by atoms with Crippen LogP contribution in [0.25, 0.3) is 0 Å². The number of benzene rings is 2. The lowest BCUT2D eigenvalue weighted by molar-refractivity contribution is -0.136. The summed E-state index contributed by atoms with van der Waals surface area (Å²) in [4.78, 5) is 117. The summed E-state index contributed by atoms with van der Waals surface area (Å²) in [7, 11) is 0. The van der Waals surface area contributed by atoms with Crippen LogP contribution in [0.5, 0.6) is 0 Å². The summed E-state index contributed by atoms with van der Waals surface area (Å²) < 4.78 is 0. The lowest BCUT2D eigenvalue weighted by Crippen LogP contribution is -2.54. The van der Waals surface area contributed by atoms with Gasteiger partial charge in [-0.15, -0.1) is 0 Å². The van der Waals surface area contributed by atoms with E-state index in [4.69, 9.17) is 23.2 Å². The fourth-order valence-corrected chi connectivity index (χ4v) is 9.38. The number of hydrogen-bond acceptors (Lipinski definition) is 11. The largest absolute Gasteiger partial charge is 0.375 e. The highest BCUT2D eigenvalue weighted by atomic mass is 35.5. The van der Waals surface area contributed by atoms with E-state index in [1.165, 1.54) is 12.3 Å². The number of piperidine rings is 2. The summed E-state index contributed by atoms with van der Waals surface area (Å²) in [5.74, 6) is -3.44. The first-order valence-corrected chi connectivity index (χ1v) is 25.1. The zero-order chi connectivity index (χ0) is 50.0. The first kappa shape index (κ1) is 53.0. The number of nitrogens with one attached hydrogen (secondary N) is 7. The van der Waals surface area contributed by atoms with Gasteiger partial charge in [0.05, 0.1) is 45.2 Å². The van der Waals surface area contributed by atoms with E-state index in [0.29, 0.717) is 57.5 Å². The number of aromatic amines is 1. The molecule has 6 rings (SSSR count). The Hall–Kier alpha value is -6.34. The van der Waals surface area contributed by atoms with Crippen molar-refractivity contribution in [2.24, 2.45) is 0 Å². The summed E-state index contributed by atoms with van der Waals surface area (Å²) in [5, 5.41) is 23.6. The van der Waals surface area contributed by atoms with E-state index in [0.717, 1.165) is 81.9 Å². The zero-order valence-corrected chi connectivity index (χ0v) is 40.7. The van der Waals surface area contributed by atoms with Crippen molar-refractivity contribution in [2.75, 3.05) is 43.4 Å².